The summed E-state index contributed by atoms with van der Waals surface area (Å²) in [6.45, 7) is 2.81. The predicted octanol–water partition coefficient (Wildman–Crippen LogP) is 1.69. The Morgan fingerprint density at radius 1 is 1.30 bits per heavy atom. The van der Waals surface area contributed by atoms with Crippen molar-refractivity contribution in [2.75, 3.05) is 13.7 Å². The van der Waals surface area contributed by atoms with Gasteiger partial charge in [0, 0.05) is 5.56 Å². The second-order valence-electron chi connectivity index (χ2n) is 6.68. The topological polar surface area (TPSA) is 53.9 Å². The van der Waals surface area contributed by atoms with Gasteiger partial charge in [0.2, 0.25) is 0 Å². The molecule has 5 nitrogen and oxygen atoms in total. The Morgan fingerprint density at radius 2 is 2.00 bits per heavy atom. The van der Waals surface area contributed by atoms with Gasteiger partial charge in [-0.3, -0.25) is 4.79 Å². The summed E-state index contributed by atoms with van der Waals surface area (Å²) in [5, 5.41) is 3.89. The lowest BCUT2D eigenvalue weighted by molar-refractivity contribution is -0.901. The van der Waals surface area contributed by atoms with E-state index >= 15 is 0 Å². The highest BCUT2D eigenvalue weighted by Gasteiger charge is 2.56. The molecule has 0 aromatic heterocycles. The van der Waals surface area contributed by atoms with Crippen molar-refractivity contribution in [2.24, 2.45) is 5.92 Å². The molecule has 2 fully saturated rings. The summed E-state index contributed by atoms with van der Waals surface area (Å²) in [4.78, 5) is 27.1. The van der Waals surface area contributed by atoms with E-state index in [9.17, 15) is 9.59 Å². The molecule has 1 aliphatic carbocycles. The lowest BCUT2D eigenvalue weighted by atomic mass is 9.96. The molecule has 2 N–H and O–H groups in total. The summed E-state index contributed by atoms with van der Waals surface area (Å²) in [5.74, 6) is 0.165. The third-order valence-corrected chi connectivity index (χ3v) is 5.35. The number of carbonyl (C=O) groups is 2. The third kappa shape index (κ3) is 3.18. The lowest BCUT2D eigenvalue weighted by Gasteiger charge is -2.22. The van der Waals surface area contributed by atoms with Gasteiger partial charge in [-0.05, 0) is 37.8 Å². The molecular weight excluding hydrogens is 337 g/mol. The molecule has 1 saturated carbocycles. The largest absolute Gasteiger partial charge is 0.329 e. The number of carbonyl (C=O) groups excluding carboxylic acids is 2. The SMILES string of the molecule is C[NH+](Cc1ccc(Cl)c(Cl)c1)CN1C(=O)N[C@@](C)(C2CC2)C1=O. The number of imide groups is 1. The van der Waals surface area contributed by atoms with Crippen molar-refractivity contribution in [1.82, 2.24) is 10.2 Å². The van der Waals surface area contributed by atoms with E-state index < -0.39 is 5.54 Å². The van der Waals surface area contributed by atoms with Crippen LogP contribution in [0.5, 0.6) is 0 Å². The molecule has 124 valence electrons. The number of rotatable bonds is 5. The average molecular weight is 357 g/mol. The van der Waals surface area contributed by atoms with Gasteiger partial charge in [-0.2, -0.15) is 0 Å². The van der Waals surface area contributed by atoms with Gasteiger partial charge in [0.15, 0.2) is 6.67 Å². The van der Waals surface area contributed by atoms with Crippen molar-refractivity contribution in [1.29, 1.82) is 0 Å². The van der Waals surface area contributed by atoms with Gasteiger partial charge in [0.05, 0.1) is 17.1 Å². The van der Waals surface area contributed by atoms with Crippen LogP contribution in [0.2, 0.25) is 10.0 Å². The summed E-state index contributed by atoms with van der Waals surface area (Å²) in [5.41, 5.74) is 0.287. The van der Waals surface area contributed by atoms with Crippen molar-refractivity contribution >= 4 is 35.1 Å². The lowest BCUT2D eigenvalue weighted by Crippen LogP contribution is -3.09. The second-order valence-corrected chi connectivity index (χ2v) is 7.49. The Balaban J connectivity index is 1.65. The summed E-state index contributed by atoms with van der Waals surface area (Å²) in [6.07, 6.45) is 2.00. The number of urea groups is 1. The summed E-state index contributed by atoms with van der Waals surface area (Å²) in [7, 11) is 1.94. The van der Waals surface area contributed by atoms with E-state index in [0.29, 0.717) is 23.3 Å². The first kappa shape index (κ1) is 16.6. The third-order valence-electron chi connectivity index (χ3n) is 4.61. The van der Waals surface area contributed by atoms with Crippen LogP contribution in [0, 0.1) is 5.92 Å². The first-order valence-corrected chi connectivity index (χ1v) is 8.46. The number of hydrogen-bond acceptors (Lipinski definition) is 2. The van der Waals surface area contributed by atoms with Crippen LogP contribution in [0.4, 0.5) is 4.79 Å². The first-order valence-electron chi connectivity index (χ1n) is 7.70. The smallest absolute Gasteiger partial charge is 0.323 e. The molecule has 1 heterocycles. The summed E-state index contributed by atoms with van der Waals surface area (Å²) < 4.78 is 0. The van der Waals surface area contributed by atoms with Crippen LogP contribution in [0.1, 0.15) is 25.3 Å². The maximum Gasteiger partial charge on any atom is 0.329 e. The fourth-order valence-electron chi connectivity index (χ4n) is 3.12. The van der Waals surface area contributed by atoms with Gasteiger partial charge >= 0.3 is 6.03 Å². The zero-order valence-electron chi connectivity index (χ0n) is 13.2. The number of quaternary nitrogens is 1. The number of nitrogens with zero attached hydrogens (tertiary/aromatic N) is 1. The molecule has 0 bridgehead atoms. The minimum Gasteiger partial charge on any atom is -0.323 e. The van der Waals surface area contributed by atoms with Crippen LogP contribution in [0.15, 0.2) is 18.2 Å². The fraction of sp³-hybridized carbons (Fsp3) is 0.500. The second kappa shape index (κ2) is 5.96. The number of halogens is 2. The molecule has 1 aromatic carbocycles. The highest BCUT2D eigenvalue weighted by molar-refractivity contribution is 6.42. The number of nitrogens with one attached hydrogen (secondary N) is 2. The first-order chi connectivity index (χ1) is 10.8. The molecule has 0 radical (unpaired) electrons. The Hall–Kier alpha value is -1.30. The molecule has 3 rings (SSSR count). The zero-order chi connectivity index (χ0) is 16.8. The zero-order valence-corrected chi connectivity index (χ0v) is 14.7. The molecule has 2 aliphatic rings. The highest BCUT2D eigenvalue weighted by Crippen LogP contribution is 2.42. The molecule has 1 saturated heterocycles. The van der Waals surface area contributed by atoms with E-state index in [1.807, 2.05) is 26.1 Å². The van der Waals surface area contributed by atoms with Crippen LogP contribution in [0.25, 0.3) is 0 Å². The van der Waals surface area contributed by atoms with Gasteiger partial charge in [-0.1, -0.05) is 29.3 Å². The molecule has 1 aromatic rings. The Morgan fingerprint density at radius 3 is 2.61 bits per heavy atom. The van der Waals surface area contributed by atoms with Gasteiger partial charge in [0.25, 0.3) is 5.91 Å². The van der Waals surface area contributed by atoms with Crippen molar-refractivity contribution in [3.63, 3.8) is 0 Å². The van der Waals surface area contributed by atoms with Gasteiger partial charge < -0.3 is 10.2 Å². The van der Waals surface area contributed by atoms with Crippen LogP contribution >= 0.6 is 23.2 Å². The summed E-state index contributed by atoms with van der Waals surface area (Å²) >= 11 is 11.9. The minimum atomic E-state index is -0.721. The Kier molecular flexibility index (Phi) is 4.29. The van der Waals surface area contributed by atoms with Gasteiger partial charge in [0.1, 0.15) is 12.1 Å². The Bertz CT molecular complexity index is 663. The molecule has 2 atom stereocenters. The van der Waals surface area contributed by atoms with E-state index in [1.54, 1.807) is 6.07 Å². The summed E-state index contributed by atoms with van der Waals surface area (Å²) in [6, 6.07) is 5.17. The highest BCUT2D eigenvalue weighted by atomic mass is 35.5. The van der Waals surface area contributed by atoms with E-state index in [4.69, 9.17) is 23.2 Å². The fourth-order valence-corrected chi connectivity index (χ4v) is 3.44. The average Bonchev–Trinajstić information content (AvgIpc) is 3.29. The minimum absolute atomic E-state index is 0.113. The van der Waals surface area contributed by atoms with Crippen molar-refractivity contribution < 1.29 is 14.5 Å². The predicted molar refractivity (Wildman–Crippen MR) is 88.4 cm³/mol. The van der Waals surface area contributed by atoms with Crippen LogP contribution in [0.3, 0.4) is 0 Å². The standard InChI is InChI=1S/C16H19Cl2N3O2/c1-16(11-4-5-11)14(22)21(15(23)19-16)9-20(2)8-10-3-6-12(17)13(18)7-10/h3,6-7,11H,4-5,8-9H2,1-2H3,(H,19,23)/p+1/t16-/m0/s1. The molecular formula is C16H20Cl2N3O2+. The molecule has 1 aliphatic heterocycles. The molecule has 1 unspecified atom stereocenters. The maximum absolute atomic E-state index is 12.6. The molecule has 0 spiro atoms. The maximum atomic E-state index is 12.6. The van der Waals surface area contributed by atoms with Gasteiger partial charge in [-0.15, -0.1) is 0 Å². The van der Waals surface area contributed by atoms with Gasteiger partial charge in [-0.25, -0.2) is 9.69 Å². The number of amides is 3. The molecule has 23 heavy (non-hydrogen) atoms. The molecule has 3 amide bonds. The normalized spacial score (nSPS) is 25.7. The van der Waals surface area contributed by atoms with E-state index in [0.717, 1.165) is 23.3 Å². The number of hydrogen-bond donors (Lipinski definition) is 2. The van der Waals surface area contributed by atoms with E-state index in [-0.39, 0.29) is 17.9 Å². The quantitative estimate of drug-likeness (QED) is 0.788. The van der Waals surface area contributed by atoms with Crippen LogP contribution < -0.4 is 10.2 Å². The van der Waals surface area contributed by atoms with E-state index in [1.165, 1.54) is 4.90 Å². The molecule has 7 heteroatoms. The van der Waals surface area contributed by atoms with Crippen LogP contribution in [-0.4, -0.2) is 36.1 Å². The van der Waals surface area contributed by atoms with Crippen molar-refractivity contribution in [2.45, 2.75) is 31.8 Å². The van der Waals surface area contributed by atoms with Crippen molar-refractivity contribution in [3.8, 4) is 0 Å². The van der Waals surface area contributed by atoms with Crippen molar-refractivity contribution in [3.05, 3.63) is 33.8 Å². The van der Waals surface area contributed by atoms with Crippen LogP contribution in [-0.2, 0) is 11.3 Å². The van der Waals surface area contributed by atoms with E-state index in [2.05, 4.69) is 5.32 Å². The number of benzene rings is 1. The Labute approximate surface area is 145 Å². The monoisotopic (exact) mass is 356 g/mol.